The summed E-state index contributed by atoms with van der Waals surface area (Å²) in [6.07, 6.45) is 0. The molecule has 90 valence electrons. The number of hydrogen-bond acceptors (Lipinski definition) is 3. The number of benzene rings is 1. The molecule has 0 aliphatic rings. The third-order valence-corrected chi connectivity index (χ3v) is 6.12. The van der Waals surface area contributed by atoms with E-state index in [1.165, 1.54) is 11.1 Å². The maximum atomic E-state index is 5.50. The molecule has 0 bridgehead atoms. The van der Waals surface area contributed by atoms with Crippen LogP contribution in [0.25, 0.3) is 0 Å². The first-order chi connectivity index (χ1) is 7.61. The van der Waals surface area contributed by atoms with Crippen LogP contribution in [0, 0.1) is 6.92 Å². The van der Waals surface area contributed by atoms with Gasteiger partial charge in [0.25, 0.3) is 0 Å². The van der Waals surface area contributed by atoms with Crippen LogP contribution < -0.4 is 0 Å². The molecular formula is C12H20O3Si. The van der Waals surface area contributed by atoms with E-state index >= 15 is 0 Å². The van der Waals surface area contributed by atoms with Gasteiger partial charge in [-0.1, -0.05) is 31.2 Å². The van der Waals surface area contributed by atoms with Crippen molar-refractivity contribution in [2.24, 2.45) is 0 Å². The fourth-order valence-electron chi connectivity index (χ4n) is 2.04. The molecule has 0 fully saturated rings. The first-order valence-corrected chi connectivity index (χ1v) is 7.12. The zero-order chi connectivity index (χ0) is 12.2. The molecule has 0 saturated carbocycles. The third kappa shape index (κ3) is 2.35. The van der Waals surface area contributed by atoms with Crippen molar-refractivity contribution in [1.29, 1.82) is 0 Å². The van der Waals surface area contributed by atoms with Crippen LogP contribution in [0.15, 0.2) is 24.3 Å². The van der Waals surface area contributed by atoms with E-state index in [1.807, 2.05) is 12.1 Å². The molecule has 1 unspecified atom stereocenters. The van der Waals surface area contributed by atoms with Gasteiger partial charge < -0.3 is 13.3 Å². The molecule has 0 amide bonds. The maximum absolute atomic E-state index is 5.50. The second-order valence-electron chi connectivity index (χ2n) is 3.79. The van der Waals surface area contributed by atoms with Crippen molar-refractivity contribution in [2.45, 2.75) is 19.4 Å². The van der Waals surface area contributed by atoms with Crippen LogP contribution in [0.4, 0.5) is 0 Å². The lowest BCUT2D eigenvalue weighted by molar-refractivity contribution is 0.114. The molecule has 1 atom stereocenters. The first-order valence-electron chi connectivity index (χ1n) is 5.32. The Morgan fingerprint density at radius 3 is 1.94 bits per heavy atom. The van der Waals surface area contributed by atoms with E-state index in [1.54, 1.807) is 21.3 Å². The maximum Gasteiger partial charge on any atom is 0.507 e. The van der Waals surface area contributed by atoms with Crippen molar-refractivity contribution in [1.82, 2.24) is 0 Å². The first kappa shape index (κ1) is 13.4. The Kier molecular flexibility index (Phi) is 4.67. The van der Waals surface area contributed by atoms with E-state index in [0.29, 0.717) is 0 Å². The molecule has 0 heterocycles. The minimum absolute atomic E-state index is 0.133. The van der Waals surface area contributed by atoms with Crippen LogP contribution >= 0.6 is 0 Å². The molecule has 1 aromatic rings. The highest BCUT2D eigenvalue weighted by Gasteiger charge is 2.45. The summed E-state index contributed by atoms with van der Waals surface area (Å²) in [4.78, 5) is 0. The predicted octanol–water partition coefficient (Wildman–Crippen LogP) is 2.52. The van der Waals surface area contributed by atoms with E-state index in [9.17, 15) is 0 Å². The molecule has 0 aliphatic heterocycles. The van der Waals surface area contributed by atoms with Gasteiger partial charge in [-0.3, -0.25) is 0 Å². The fourth-order valence-corrected chi connectivity index (χ4v) is 4.31. The summed E-state index contributed by atoms with van der Waals surface area (Å²) in [5.74, 6) is 0. The van der Waals surface area contributed by atoms with Crippen molar-refractivity contribution < 1.29 is 13.3 Å². The smallest absolute Gasteiger partial charge is 0.376 e. The Hall–Kier alpha value is -0.683. The summed E-state index contributed by atoms with van der Waals surface area (Å²) in [5, 5.41) is 0. The van der Waals surface area contributed by atoms with Crippen molar-refractivity contribution in [3.63, 3.8) is 0 Å². The molecule has 0 N–H and O–H groups in total. The SMILES string of the molecule is CO[Si](OC)(OC)C(C)c1ccccc1C. The lowest BCUT2D eigenvalue weighted by Crippen LogP contribution is -2.48. The summed E-state index contributed by atoms with van der Waals surface area (Å²) in [5.41, 5.74) is 2.59. The van der Waals surface area contributed by atoms with Crippen LogP contribution in [0.1, 0.15) is 23.6 Å². The summed E-state index contributed by atoms with van der Waals surface area (Å²) < 4.78 is 16.5. The average molecular weight is 240 g/mol. The monoisotopic (exact) mass is 240 g/mol. The van der Waals surface area contributed by atoms with Gasteiger partial charge >= 0.3 is 8.80 Å². The van der Waals surface area contributed by atoms with Crippen LogP contribution in [0.5, 0.6) is 0 Å². The molecule has 0 aliphatic carbocycles. The van der Waals surface area contributed by atoms with Crippen molar-refractivity contribution >= 4 is 8.80 Å². The van der Waals surface area contributed by atoms with Crippen LogP contribution in [-0.4, -0.2) is 30.1 Å². The minimum atomic E-state index is -2.59. The second kappa shape index (κ2) is 5.59. The Balaban J connectivity index is 3.08. The number of rotatable bonds is 5. The summed E-state index contributed by atoms with van der Waals surface area (Å²) in [6.45, 7) is 4.18. The van der Waals surface area contributed by atoms with Gasteiger partial charge in [-0.25, -0.2) is 0 Å². The molecule has 1 aromatic carbocycles. The molecule has 16 heavy (non-hydrogen) atoms. The topological polar surface area (TPSA) is 27.7 Å². The van der Waals surface area contributed by atoms with Crippen molar-refractivity contribution in [3.8, 4) is 0 Å². The standard InChI is InChI=1S/C12H20O3Si/c1-10-8-6-7-9-12(10)11(2)16(13-3,14-4)15-5/h6-9,11H,1-5H3. The molecule has 1 rings (SSSR count). The second-order valence-corrected chi connectivity index (χ2v) is 7.09. The zero-order valence-electron chi connectivity index (χ0n) is 10.6. The Labute approximate surface area is 98.7 Å². The average Bonchev–Trinajstić information content (AvgIpc) is 2.32. The van der Waals surface area contributed by atoms with E-state index in [0.717, 1.165) is 0 Å². The van der Waals surface area contributed by atoms with Crippen LogP contribution in [0.3, 0.4) is 0 Å². The van der Waals surface area contributed by atoms with E-state index < -0.39 is 8.80 Å². The quantitative estimate of drug-likeness (QED) is 0.740. The van der Waals surface area contributed by atoms with Gasteiger partial charge in [-0.05, 0) is 18.1 Å². The normalized spacial score (nSPS) is 13.8. The van der Waals surface area contributed by atoms with E-state index in [2.05, 4.69) is 26.0 Å². The van der Waals surface area contributed by atoms with E-state index in [-0.39, 0.29) is 5.54 Å². The van der Waals surface area contributed by atoms with Crippen LogP contribution in [0.2, 0.25) is 0 Å². The van der Waals surface area contributed by atoms with Gasteiger partial charge in [0.15, 0.2) is 0 Å². The Bertz CT molecular complexity index is 329. The lowest BCUT2D eigenvalue weighted by Gasteiger charge is -2.31. The van der Waals surface area contributed by atoms with E-state index in [4.69, 9.17) is 13.3 Å². The van der Waals surface area contributed by atoms with Gasteiger partial charge in [-0.2, -0.15) is 0 Å². The highest BCUT2D eigenvalue weighted by atomic mass is 28.4. The van der Waals surface area contributed by atoms with Crippen LogP contribution in [-0.2, 0) is 13.3 Å². The molecule has 0 spiro atoms. The summed E-state index contributed by atoms with van der Waals surface area (Å²) >= 11 is 0. The lowest BCUT2D eigenvalue weighted by atomic mass is 10.1. The molecule has 0 radical (unpaired) electrons. The molecular weight excluding hydrogens is 220 g/mol. The summed E-state index contributed by atoms with van der Waals surface area (Å²) in [7, 11) is 2.35. The van der Waals surface area contributed by atoms with Crippen molar-refractivity contribution in [2.75, 3.05) is 21.3 Å². The third-order valence-electron chi connectivity index (χ3n) is 3.04. The highest BCUT2D eigenvalue weighted by Crippen LogP contribution is 2.30. The number of aryl methyl sites for hydroxylation is 1. The zero-order valence-corrected chi connectivity index (χ0v) is 11.6. The molecule has 3 nitrogen and oxygen atoms in total. The molecule has 0 aromatic heterocycles. The minimum Gasteiger partial charge on any atom is -0.376 e. The Morgan fingerprint density at radius 1 is 1.00 bits per heavy atom. The summed E-state index contributed by atoms with van der Waals surface area (Å²) in [6, 6.07) is 8.24. The van der Waals surface area contributed by atoms with Gasteiger partial charge in [0.1, 0.15) is 0 Å². The molecule has 4 heteroatoms. The highest BCUT2D eigenvalue weighted by molar-refractivity contribution is 6.62. The van der Waals surface area contributed by atoms with Gasteiger partial charge in [-0.15, -0.1) is 0 Å². The van der Waals surface area contributed by atoms with Gasteiger partial charge in [0.2, 0.25) is 0 Å². The van der Waals surface area contributed by atoms with Gasteiger partial charge in [0.05, 0.1) is 5.54 Å². The largest absolute Gasteiger partial charge is 0.507 e. The van der Waals surface area contributed by atoms with Gasteiger partial charge in [0, 0.05) is 21.3 Å². The predicted molar refractivity (Wildman–Crippen MR) is 66.4 cm³/mol. The molecule has 0 saturated heterocycles. The Morgan fingerprint density at radius 2 is 1.50 bits per heavy atom. The van der Waals surface area contributed by atoms with Crippen molar-refractivity contribution in [3.05, 3.63) is 35.4 Å². The number of hydrogen-bond donors (Lipinski definition) is 0. The fraction of sp³-hybridized carbons (Fsp3) is 0.500.